The highest BCUT2D eigenvalue weighted by molar-refractivity contribution is 5.96. The van der Waals surface area contributed by atoms with Gasteiger partial charge in [-0.25, -0.2) is 14.8 Å². The minimum Gasteiger partial charge on any atom is -0.475 e. The average Bonchev–Trinajstić information content (AvgIpc) is 3.36. The van der Waals surface area contributed by atoms with E-state index >= 15 is 0 Å². The minimum absolute atomic E-state index is 0.0940. The second kappa shape index (κ2) is 8.23. The molecule has 3 heterocycles. The lowest BCUT2D eigenvalue weighted by molar-refractivity contribution is -0.119. The van der Waals surface area contributed by atoms with Crippen molar-refractivity contribution < 1.29 is 14.7 Å². The van der Waals surface area contributed by atoms with Crippen molar-refractivity contribution in [3.63, 3.8) is 0 Å². The largest absolute Gasteiger partial charge is 0.475 e. The molecule has 10 nitrogen and oxygen atoms in total. The van der Waals surface area contributed by atoms with Crippen LogP contribution < -0.4 is 4.90 Å². The third-order valence-electron chi connectivity index (χ3n) is 5.65. The van der Waals surface area contributed by atoms with Crippen molar-refractivity contribution in [2.75, 3.05) is 4.90 Å². The molecule has 1 amide bonds. The summed E-state index contributed by atoms with van der Waals surface area (Å²) in [4.78, 5) is 33.9. The number of carbonyl (C=O) groups is 2. The Morgan fingerprint density at radius 2 is 1.82 bits per heavy atom. The normalized spacial score (nSPS) is 13.1. The van der Waals surface area contributed by atoms with E-state index < -0.39 is 5.97 Å². The number of fused-ring (bicyclic) bond motifs is 1. The molecule has 0 spiro atoms. The lowest BCUT2D eigenvalue weighted by atomic mass is 9.98. The summed E-state index contributed by atoms with van der Waals surface area (Å²) in [5, 5.41) is 23.6. The van der Waals surface area contributed by atoms with Crippen LogP contribution in [0.5, 0.6) is 0 Å². The van der Waals surface area contributed by atoms with Crippen LogP contribution in [0.3, 0.4) is 0 Å². The minimum atomic E-state index is -1.22. The molecule has 0 radical (unpaired) electrons. The molecule has 0 saturated heterocycles. The van der Waals surface area contributed by atoms with Crippen molar-refractivity contribution >= 4 is 17.7 Å². The first-order valence-corrected chi connectivity index (χ1v) is 10.3. The standard InChI is InChI=1S/C23H19N7O3/c1-13-16-10-11-19(31)30(22(16)25-21(24-13)23(32)33)12-14-6-8-15(9-7-14)17-4-2-3-5-18(17)20-26-28-29-27-20/h2-9H,10-12H2,1H3,(H,32,33)(H,26,27,28,29). The number of aromatic nitrogens is 6. The van der Waals surface area contributed by atoms with Crippen LogP contribution in [0.2, 0.25) is 0 Å². The van der Waals surface area contributed by atoms with Crippen molar-refractivity contribution in [1.82, 2.24) is 30.6 Å². The second-order valence-electron chi connectivity index (χ2n) is 7.70. The van der Waals surface area contributed by atoms with Crippen molar-refractivity contribution in [1.29, 1.82) is 0 Å². The monoisotopic (exact) mass is 441 g/mol. The van der Waals surface area contributed by atoms with E-state index in [9.17, 15) is 14.7 Å². The van der Waals surface area contributed by atoms with Crippen LogP contribution in [0, 0.1) is 6.92 Å². The molecule has 0 aliphatic carbocycles. The van der Waals surface area contributed by atoms with Crippen LogP contribution >= 0.6 is 0 Å². The fraction of sp³-hybridized carbons (Fsp3) is 0.174. The van der Waals surface area contributed by atoms with Gasteiger partial charge < -0.3 is 5.11 Å². The van der Waals surface area contributed by atoms with Crippen LogP contribution in [0.4, 0.5) is 5.82 Å². The lowest BCUT2D eigenvalue weighted by Gasteiger charge is -2.29. The van der Waals surface area contributed by atoms with Gasteiger partial charge in [0.05, 0.1) is 6.54 Å². The predicted octanol–water partition coefficient (Wildman–Crippen LogP) is 2.81. The molecule has 5 rings (SSSR count). The van der Waals surface area contributed by atoms with Crippen molar-refractivity contribution in [2.45, 2.75) is 26.3 Å². The second-order valence-corrected chi connectivity index (χ2v) is 7.70. The van der Waals surface area contributed by atoms with E-state index in [1.165, 1.54) is 0 Å². The van der Waals surface area contributed by atoms with Crippen LogP contribution in [0.1, 0.15) is 33.9 Å². The van der Waals surface area contributed by atoms with E-state index in [0.717, 1.165) is 27.8 Å². The summed E-state index contributed by atoms with van der Waals surface area (Å²) in [7, 11) is 0. The smallest absolute Gasteiger partial charge is 0.374 e. The number of carbonyl (C=O) groups excluding carboxylic acids is 1. The van der Waals surface area contributed by atoms with Crippen LogP contribution in [-0.2, 0) is 17.8 Å². The van der Waals surface area contributed by atoms with E-state index in [-0.39, 0.29) is 18.3 Å². The highest BCUT2D eigenvalue weighted by Crippen LogP contribution is 2.32. The molecule has 33 heavy (non-hydrogen) atoms. The molecule has 2 N–H and O–H groups in total. The fourth-order valence-electron chi connectivity index (χ4n) is 4.02. The van der Waals surface area contributed by atoms with Gasteiger partial charge in [0.2, 0.25) is 17.6 Å². The van der Waals surface area contributed by atoms with Gasteiger partial charge in [0.1, 0.15) is 5.82 Å². The van der Waals surface area contributed by atoms with Crippen molar-refractivity contribution in [3.05, 3.63) is 71.2 Å². The summed E-state index contributed by atoms with van der Waals surface area (Å²) in [6, 6.07) is 15.6. The Labute approximate surface area is 188 Å². The summed E-state index contributed by atoms with van der Waals surface area (Å²) in [5.74, 6) is -0.733. The Morgan fingerprint density at radius 1 is 1.06 bits per heavy atom. The topological polar surface area (TPSA) is 138 Å². The molecular formula is C23H19N7O3. The first-order chi connectivity index (χ1) is 16.0. The van der Waals surface area contributed by atoms with Crippen LogP contribution in [0.25, 0.3) is 22.5 Å². The predicted molar refractivity (Wildman–Crippen MR) is 118 cm³/mol. The van der Waals surface area contributed by atoms with Gasteiger partial charge in [0.25, 0.3) is 0 Å². The maximum absolute atomic E-state index is 12.7. The molecule has 2 aromatic carbocycles. The number of aryl methyl sites for hydroxylation is 1. The van der Waals surface area contributed by atoms with E-state index in [2.05, 4.69) is 30.6 Å². The van der Waals surface area contributed by atoms with Crippen LogP contribution in [-0.4, -0.2) is 47.6 Å². The Bertz CT molecular complexity index is 1350. The number of carboxylic acids is 1. The Kier molecular flexibility index (Phi) is 5.09. The highest BCUT2D eigenvalue weighted by Gasteiger charge is 2.29. The molecule has 2 aromatic heterocycles. The molecule has 0 atom stereocenters. The summed E-state index contributed by atoms with van der Waals surface area (Å²) in [6.07, 6.45) is 0.835. The third kappa shape index (κ3) is 3.82. The van der Waals surface area contributed by atoms with Gasteiger partial charge in [0, 0.05) is 23.2 Å². The molecule has 164 valence electrons. The summed E-state index contributed by atoms with van der Waals surface area (Å²) >= 11 is 0. The Balaban J connectivity index is 1.46. The maximum atomic E-state index is 12.7. The number of carboxylic acid groups (broad SMARTS) is 1. The number of rotatable bonds is 5. The SMILES string of the molecule is Cc1nc(C(=O)O)nc2c1CCC(=O)N2Cc1ccc(-c2ccccc2-c2nn[nH]n2)cc1. The number of benzene rings is 2. The van der Waals surface area contributed by atoms with Gasteiger partial charge in [-0.05, 0) is 35.2 Å². The number of amides is 1. The number of nitrogens with zero attached hydrogens (tertiary/aromatic N) is 6. The molecule has 0 bridgehead atoms. The number of H-pyrrole nitrogens is 1. The number of tetrazole rings is 1. The number of anilines is 1. The molecule has 0 saturated carbocycles. The number of nitrogens with one attached hydrogen (secondary N) is 1. The first-order valence-electron chi connectivity index (χ1n) is 10.3. The molecule has 10 heteroatoms. The van der Waals surface area contributed by atoms with E-state index in [4.69, 9.17) is 0 Å². The zero-order valence-electron chi connectivity index (χ0n) is 17.7. The van der Waals surface area contributed by atoms with Gasteiger partial charge >= 0.3 is 5.97 Å². The number of aromatic amines is 1. The molecule has 0 fully saturated rings. The van der Waals surface area contributed by atoms with Gasteiger partial charge in [0.15, 0.2) is 0 Å². The van der Waals surface area contributed by atoms with Crippen molar-refractivity contribution in [3.8, 4) is 22.5 Å². The zero-order valence-corrected chi connectivity index (χ0v) is 17.7. The maximum Gasteiger partial charge on any atom is 0.374 e. The Morgan fingerprint density at radius 3 is 2.52 bits per heavy atom. The van der Waals surface area contributed by atoms with E-state index in [1.54, 1.807) is 11.8 Å². The van der Waals surface area contributed by atoms with Gasteiger partial charge in [-0.1, -0.05) is 48.5 Å². The van der Waals surface area contributed by atoms with E-state index in [1.807, 2.05) is 48.5 Å². The van der Waals surface area contributed by atoms with Crippen LogP contribution in [0.15, 0.2) is 48.5 Å². The van der Waals surface area contributed by atoms with Gasteiger partial charge in [-0.2, -0.15) is 5.21 Å². The number of hydrogen-bond donors (Lipinski definition) is 2. The average molecular weight is 441 g/mol. The number of hydrogen-bond acceptors (Lipinski definition) is 7. The molecule has 0 unspecified atom stereocenters. The summed E-state index contributed by atoms with van der Waals surface area (Å²) in [5.41, 5.74) is 5.07. The fourth-order valence-corrected chi connectivity index (χ4v) is 4.02. The molecule has 1 aliphatic heterocycles. The molecule has 4 aromatic rings. The van der Waals surface area contributed by atoms with E-state index in [0.29, 0.717) is 30.2 Å². The molecular weight excluding hydrogens is 422 g/mol. The molecule has 1 aliphatic rings. The Hall–Kier alpha value is -4.47. The summed E-state index contributed by atoms with van der Waals surface area (Å²) < 4.78 is 0. The van der Waals surface area contributed by atoms with Gasteiger partial charge in [-0.3, -0.25) is 9.69 Å². The first kappa shape index (κ1) is 20.4. The summed E-state index contributed by atoms with van der Waals surface area (Å²) in [6.45, 7) is 2.03. The van der Waals surface area contributed by atoms with Gasteiger partial charge in [-0.15, -0.1) is 10.2 Å². The third-order valence-corrected chi connectivity index (χ3v) is 5.65. The highest BCUT2D eigenvalue weighted by atomic mass is 16.4. The number of aromatic carboxylic acids is 1. The van der Waals surface area contributed by atoms with Crippen molar-refractivity contribution in [2.24, 2.45) is 0 Å². The lowest BCUT2D eigenvalue weighted by Crippen LogP contribution is -2.36. The quantitative estimate of drug-likeness (QED) is 0.482. The zero-order chi connectivity index (χ0) is 22.9.